The Morgan fingerprint density at radius 3 is 2.94 bits per heavy atom. The van der Waals surface area contributed by atoms with Crippen LogP contribution in [0.4, 0.5) is 4.39 Å². The van der Waals surface area contributed by atoms with Gasteiger partial charge in [-0.2, -0.15) is 0 Å². The zero-order valence-corrected chi connectivity index (χ0v) is 12.1. The largest absolute Gasteiger partial charge is 0.348 e. The number of halogens is 2. The van der Waals surface area contributed by atoms with Gasteiger partial charge in [-0.3, -0.25) is 0 Å². The average molecular weight is 318 g/mol. The van der Waals surface area contributed by atoms with Gasteiger partial charge in [0.1, 0.15) is 5.82 Å². The molecule has 0 radical (unpaired) electrons. The molecule has 1 unspecified atom stereocenters. The molecule has 2 rings (SSSR count). The van der Waals surface area contributed by atoms with Gasteiger partial charge in [-0.15, -0.1) is 0 Å². The summed E-state index contributed by atoms with van der Waals surface area (Å²) < 4.78 is 25.5. The first-order valence-corrected chi connectivity index (χ1v) is 6.72. The van der Waals surface area contributed by atoms with Gasteiger partial charge in [0.15, 0.2) is 5.79 Å². The van der Waals surface area contributed by atoms with Crippen molar-refractivity contribution in [2.45, 2.75) is 32.3 Å². The Morgan fingerprint density at radius 2 is 2.28 bits per heavy atom. The third-order valence-corrected chi connectivity index (χ3v) is 3.26. The van der Waals surface area contributed by atoms with Gasteiger partial charge in [0.2, 0.25) is 0 Å². The van der Waals surface area contributed by atoms with Crippen molar-refractivity contribution in [3.63, 3.8) is 0 Å². The molecule has 100 valence electrons. The summed E-state index contributed by atoms with van der Waals surface area (Å²) in [5.41, 5.74) is 0.641. The molecule has 1 aromatic rings. The Labute approximate surface area is 115 Å². The monoisotopic (exact) mass is 317 g/mol. The van der Waals surface area contributed by atoms with E-state index in [1.54, 1.807) is 12.1 Å². The van der Waals surface area contributed by atoms with Crippen LogP contribution in [0.25, 0.3) is 0 Å². The van der Waals surface area contributed by atoms with Crippen LogP contribution in [0, 0.1) is 5.82 Å². The first-order valence-electron chi connectivity index (χ1n) is 5.93. The third kappa shape index (κ3) is 3.75. The Balaban J connectivity index is 1.80. The molecular formula is C13H17BrFNO2. The van der Waals surface area contributed by atoms with Crippen LogP contribution in [0.3, 0.4) is 0 Å². The van der Waals surface area contributed by atoms with E-state index in [0.717, 1.165) is 4.47 Å². The maximum absolute atomic E-state index is 13.5. The van der Waals surface area contributed by atoms with E-state index in [0.29, 0.717) is 25.3 Å². The maximum atomic E-state index is 13.5. The van der Waals surface area contributed by atoms with Gasteiger partial charge in [-0.25, -0.2) is 4.39 Å². The predicted molar refractivity (Wildman–Crippen MR) is 70.7 cm³/mol. The molecule has 1 aliphatic rings. The van der Waals surface area contributed by atoms with Gasteiger partial charge in [-0.1, -0.05) is 15.9 Å². The molecule has 1 aliphatic heterocycles. The highest BCUT2D eigenvalue weighted by atomic mass is 79.9. The van der Waals surface area contributed by atoms with Crippen LogP contribution >= 0.6 is 15.9 Å². The molecule has 0 saturated carbocycles. The lowest BCUT2D eigenvalue weighted by atomic mass is 10.2. The molecule has 18 heavy (non-hydrogen) atoms. The molecule has 1 fully saturated rings. The minimum absolute atomic E-state index is 0.0233. The molecule has 0 aliphatic carbocycles. The molecule has 0 amide bonds. The van der Waals surface area contributed by atoms with Gasteiger partial charge in [0.25, 0.3) is 0 Å². The van der Waals surface area contributed by atoms with Crippen molar-refractivity contribution < 1.29 is 13.9 Å². The topological polar surface area (TPSA) is 30.5 Å². The fourth-order valence-corrected chi connectivity index (χ4v) is 2.32. The summed E-state index contributed by atoms with van der Waals surface area (Å²) in [6.07, 6.45) is 0.0233. The number of nitrogens with one attached hydrogen (secondary N) is 1. The fourth-order valence-electron chi connectivity index (χ4n) is 1.91. The van der Waals surface area contributed by atoms with Gasteiger partial charge in [0.05, 0.1) is 12.7 Å². The molecular weight excluding hydrogens is 301 g/mol. The highest BCUT2D eigenvalue weighted by molar-refractivity contribution is 9.10. The quantitative estimate of drug-likeness (QED) is 0.926. The minimum Gasteiger partial charge on any atom is -0.348 e. The van der Waals surface area contributed by atoms with E-state index in [4.69, 9.17) is 9.47 Å². The van der Waals surface area contributed by atoms with Crippen molar-refractivity contribution in [1.29, 1.82) is 0 Å². The van der Waals surface area contributed by atoms with Crippen LogP contribution in [-0.4, -0.2) is 25.0 Å². The maximum Gasteiger partial charge on any atom is 0.163 e. The van der Waals surface area contributed by atoms with E-state index >= 15 is 0 Å². The molecule has 0 aromatic heterocycles. The minimum atomic E-state index is -0.507. The summed E-state index contributed by atoms with van der Waals surface area (Å²) in [4.78, 5) is 0. The molecule has 3 nitrogen and oxygen atoms in total. The van der Waals surface area contributed by atoms with Gasteiger partial charge < -0.3 is 14.8 Å². The van der Waals surface area contributed by atoms with Gasteiger partial charge >= 0.3 is 0 Å². The second-order valence-corrected chi connectivity index (χ2v) is 5.73. The van der Waals surface area contributed by atoms with Crippen LogP contribution in [0.2, 0.25) is 0 Å². The van der Waals surface area contributed by atoms with Crippen LogP contribution in [-0.2, 0) is 16.0 Å². The summed E-state index contributed by atoms with van der Waals surface area (Å²) >= 11 is 3.33. The second kappa shape index (κ2) is 5.65. The first kappa shape index (κ1) is 13.9. The SMILES string of the molecule is CC1(C)OCC(CNCc2cc(Br)ccc2F)O1. The van der Waals surface area contributed by atoms with E-state index in [1.807, 2.05) is 13.8 Å². The standard InChI is InChI=1S/C13H17BrFNO2/c1-13(2)17-8-11(18-13)7-16-6-9-5-10(14)3-4-12(9)15/h3-5,11,16H,6-8H2,1-2H3. The Kier molecular flexibility index (Phi) is 4.37. The number of hydrogen-bond acceptors (Lipinski definition) is 3. The summed E-state index contributed by atoms with van der Waals surface area (Å²) in [5, 5.41) is 3.18. The highest BCUT2D eigenvalue weighted by Crippen LogP contribution is 2.22. The molecule has 0 spiro atoms. The van der Waals surface area contributed by atoms with E-state index in [-0.39, 0.29) is 11.9 Å². The van der Waals surface area contributed by atoms with Gasteiger partial charge in [-0.05, 0) is 32.0 Å². The van der Waals surface area contributed by atoms with Crippen molar-refractivity contribution in [3.05, 3.63) is 34.1 Å². The predicted octanol–water partition coefficient (Wildman–Crippen LogP) is 2.83. The number of hydrogen-bond donors (Lipinski definition) is 1. The normalized spacial score (nSPS) is 22.3. The van der Waals surface area contributed by atoms with E-state index in [9.17, 15) is 4.39 Å². The summed E-state index contributed by atoms with van der Waals surface area (Å²) in [6.45, 7) is 5.48. The molecule has 5 heteroatoms. The second-order valence-electron chi connectivity index (χ2n) is 4.82. The molecule has 1 saturated heterocycles. The smallest absolute Gasteiger partial charge is 0.163 e. The lowest BCUT2D eigenvalue weighted by Crippen LogP contribution is -2.30. The van der Waals surface area contributed by atoms with Crippen LogP contribution in [0.1, 0.15) is 19.4 Å². The van der Waals surface area contributed by atoms with Gasteiger partial charge in [0, 0.05) is 23.1 Å². The first-order chi connectivity index (χ1) is 8.46. The van der Waals surface area contributed by atoms with E-state index in [1.165, 1.54) is 6.07 Å². The molecule has 1 aromatic carbocycles. The van der Waals surface area contributed by atoms with Crippen LogP contribution < -0.4 is 5.32 Å². The van der Waals surface area contributed by atoms with E-state index in [2.05, 4.69) is 21.2 Å². The lowest BCUT2D eigenvalue weighted by Gasteiger charge is -2.17. The fraction of sp³-hybridized carbons (Fsp3) is 0.538. The Bertz CT molecular complexity index is 425. The molecule has 0 bridgehead atoms. The van der Waals surface area contributed by atoms with Crippen molar-refractivity contribution >= 4 is 15.9 Å². The van der Waals surface area contributed by atoms with Crippen molar-refractivity contribution in [2.24, 2.45) is 0 Å². The zero-order chi connectivity index (χ0) is 13.2. The van der Waals surface area contributed by atoms with Crippen molar-refractivity contribution in [2.75, 3.05) is 13.2 Å². The molecule has 1 atom stereocenters. The third-order valence-electron chi connectivity index (χ3n) is 2.76. The van der Waals surface area contributed by atoms with Crippen molar-refractivity contribution in [1.82, 2.24) is 5.32 Å². The van der Waals surface area contributed by atoms with E-state index < -0.39 is 5.79 Å². The Hall–Kier alpha value is -0.490. The molecule has 1 heterocycles. The van der Waals surface area contributed by atoms with Crippen LogP contribution in [0.15, 0.2) is 22.7 Å². The summed E-state index contributed by atoms with van der Waals surface area (Å²) in [5.74, 6) is -0.706. The molecule has 1 N–H and O–H groups in total. The zero-order valence-electron chi connectivity index (χ0n) is 10.5. The Morgan fingerprint density at radius 1 is 1.50 bits per heavy atom. The average Bonchev–Trinajstić information content (AvgIpc) is 2.63. The summed E-state index contributed by atoms with van der Waals surface area (Å²) in [6, 6.07) is 4.92. The van der Waals surface area contributed by atoms with Crippen molar-refractivity contribution in [3.8, 4) is 0 Å². The number of ether oxygens (including phenoxy) is 2. The number of rotatable bonds is 4. The lowest BCUT2D eigenvalue weighted by molar-refractivity contribution is -0.137. The number of benzene rings is 1. The highest BCUT2D eigenvalue weighted by Gasteiger charge is 2.32. The van der Waals surface area contributed by atoms with Crippen LogP contribution in [0.5, 0.6) is 0 Å². The summed E-state index contributed by atoms with van der Waals surface area (Å²) in [7, 11) is 0.